The number of methoxy groups -OCH3 is 2. The predicted molar refractivity (Wildman–Crippen MR) is 151 cm³/mol. The third-order valence-corrected chi connectivity index (χ3v) is 7.34. The van der Waals surface area contributed by atoms with Crippen LogP contribution in [0.25, 0.3) is 16.5 Å². The second kappa shape index (κ2) is 11.7. The Morgan fingerprint density at radius 1 is 1.05 bits per heavy atom. The van der Waals surface area contributed by atoms with E-state index < -0.39 is 17.4 Å². The van der Waals surface area contributed by atoms with Gasteiger partial charge in [0.15, 0.2) is 0 Å². The second-order valence-corrected chi connectivity index (χ2v) is 10.2. The van der Waals surface area contributed by atoms with Crippen molar-refractivity contribution < 1.29 is 34.1 Å². The van der Waals surface area contributed by atoms with E-state index in [2.05, 4.69) is 35.0 Å². The first-order valence-electron chi connectivity index (χ1n) is 13.0. The van der Waals surface area contributed by atoms with Gasteiger partial charge in [0, 0.05) is 43.8 Å². The summed E-state index contributed by atoms with van der Waals surface area (Å²) in [5, 5.41) is 20.1. The van der Waals surface area contributed by atoms with Crippen LogP contribution < -0.4 is 9.47 Å². The average Bonchev–Trinajstić information content (AvgIpc) is 3.52. The Bertz CT molecular complexity index is 1490. The van der Waals surface area contributed by atoms with Gasteiger partial charge in [-0.05, 0) is 72.7 Å². The molecule has 2 N–H and O–H groups in total. The number of nitrogens with zero attached hydrogens (tertiary/aromatic N) is 2. The Balaban J connectivity index is 0.000000192. The van der Waals surface area contributed by atoms with Crippen LogP contribution in [-0.4, -0.2) is 58.3 Å². The molecule has 1 aliphatic carbocycles. The van der Waals surface area contributed by atoms with Crippen LogP contribution in [0.3, 0.4) is 0 Å². The van der Waals surface area contributed by atoms with Crippen LogP contribution in [0.5, 0.6) is 11.5 Å². The van der Waals surface area contributed by atoms with Gasteiger partial charge in [0.2, 0.25) is 5.91 Å². The molecule has 5 rings (SSSR count). The maximum atomic E-state index is 11.6. The quantitative estimate of drug-likeness (QED) is 0.433. The van der Waals surface area contributed by atoms with E-state index in [1.54, 1.807) is 24.3 Å². The molecule has 2 aliphatic rings. The van der Waals surface area contributed by atoms with Crippen LogP contribution >= 0.6 is 0 Å². The number of amides is 1. The molecule has 1 aromatic heterocycles. The first kappa shape index (κ1) is 28.5. The highest BCUT2D eigenvalue weighted by Gasteiger charge is 2.37. The summed E-state index contributed by atoms with van der Waals surface area (Å²) < 4.78 is 12.8. The smallest absolute Gasteiger partial charge is 0.331 e. The number of fused-ring (bicyclic) bond motifs is 1. The molecule has 3 aromatic rings. The SMILES string of the molecule is COc1cccc(OC)c1C1=CC(C)(C(=O)O)CC(C(=O)O)=C1.Cn1ccc2cc(CN3CCCC3=O)ccc21. The highest BCUT2D eigenvalue weighted by Crippen LogP contribution is 2.43. The molecule has 1 fully saturated rings. The third-order valence-electron chi connectivity index (χ3n) is 7.34. The number of hydrogen-bond acceptors (Lipinski definition) is 5. The van der Waals surface area contributed by atoms with Crippen molar-refractivity contribution in [1.82, 2.24) is 9.47 Å². The van der Waals surface area contributed by atoms with Gasteiger partial charge in [-0.2, -0.15) is 0 Å². The molecule has 9 nitrogen and oxygen atoms in total. The van der Waals surface area contributed by atoms with Crippen molar-refractivity contribution in [2.24, 2.45) is 12.5 Å². The molecular weight excluding hydrogens is 512 g/mol. The van der Waals surface area contributed by atoms with E-state index in [1.165, 1.54) is 43.7 Å². The number of carboxylic acids is 2. The number of likely N-dealkylation sites (tertiary alicyclic amines) is 1. The zero-order chi connectivity index (χ0) is 29.0. The molecule has 0 bridgehead atoms. The van der Waals surface area contributed by atoms with Crippen LogP contribution in [-0.2, 0) is 28.0 Å². The van der Waals surface area contributed by atoms with Crippen LogP contribution in [0.15, 0.2) is 66.4 Å². The van der Waals surface area contributed by atoms with Crippen molar-refractivity contribution in [3.05, 3.63) is 77.5 Å². The Labute approximate surface area is 232 Å². The van der Waals surface area contributed by atoms with E-state index in [-0.39, 0.29) is 17.9 Å². The number of carbonyl (C=O) groups is 3. The number of ether oxygens (including phenoxy) is 2. The predicted octanol–water partition coefficient (Wildman–Crippen LogP) is 4.89. The lowest BCUT2D eigenvalue weighted by Gasteiger charge is -2.27. The molecule has 0 spiro atoms. The summed E-state index contributed by atoms with van der Waals surface area (Å²) in [6.45, 7) is 3.16. The largest absolute Gasteiger partial charge is 0.496 e. The van der Waals surface area contributed by atoms with Crippen molar-refractivity contribution in [2.45, 2.75) is 32.7 Å². The summed E-state index contributed by atoms with van der Waals surface area (Å²) in [6.07, 6.45) is 6.71. The Hall–Kier alpha value is -4.53. The van der Waals surface area contributed by atoms with Gasteiger partial charge in [-0.15, -0.1) is 0 Å². The topological polar surface area (TPSA) is 118 Å². The molecule has 1 saturated heterocycles. The molecule has 210 valence electrons. The van der Waals surface area contributed by atoms with Gasteiger partial charge in [0.25, 0.3) is 0 Å². The lowest BCUT2D eigenvalue weighted by atomic mass is 9.76. The van der Waals surface area contributed by atoms with Crippen molar-refractivity contribution in [1.29, 1.82) is 0 Å². The monoisotopic (exact) mass is 546 g/mol. The minimum absolute atomic E-state index is 0.0281. The van der Waals surface area contributed by atoms with E-state index in [0.717, 1.165) is 19.5 Å². The minimum atomic E-state index is -1.32. The fourth-order valence-corrected chi connectivity index (χ4v) is 5.15. The lowest BCUT2D eigenvalue weighted by Crippen LogP contribution is -2.29. The molecule has 2 aromatic carbocycles. The summed E-state index contributed by atoms with van der Waals surface area (Å²) in [7, 11) is 5.02. The van der Waals surface area contributed by atoms with Crippen LogP contribution in [0.1, 0.15) is 37.3 Å². The molecule has 2 heterocycles. The summed E-state index contributed by atoms with van der Waals surface area (Å²) in [5.41, 5.74) is 2.15. The van der Waals surface area contributed by atoms with Gasteiger partial charge in [-0.25, -0.2) is 4.79 Å². The molecule has 1 aliphatic heterocycles. The van der Waals surface area contributed by atoms with Gasteiger partial charge in [0.05, 0.1) is 25.2 Å². The molecule has 40 heavy (non-hydrogen) atoms. The summed E-state index contributed by atoms with van der Waals surface area (Å²) in [6, 6.07) is 13.7. The first-order chi connectivity index (χ1) is 19.1. The molecule has 9 heteroatoms. The lowest BCUT2D eigenvalue weighted by molar-refractivity contribution is -0.145. The standard InChI is InChI=1S/C17H18O6.C14H16N2O/c1-17(16(20)21)8-10(7-11(9-17)15(18)19)14-12(22-2)5-4-6-13(14)23-3;1-15-8-6-12-9-11(4-5-13(12)15)10-16-7-2-3-14(16)17/h4-8H,9H2,1-3H3,(H,18,19)(H,20,21);4-6,8-9H,2-3,7,10H2,1H3. The van der Waals surface area contributed by atoms with Crippen LogP contribution in [0.4, 0.5) is 0 Å². The molecule has 0 radical (unpaired) electrons. The average molecular weight is 547 g/mol. The van der Waals surface area contributed by atoms with Crippen LogP contribution in [0, 0.1) is 5.41 Å². The number of carbonyl (C=O) groups excluding carboxylic acids is 1. The van der Waals surface area contributed by atoms with Crippen molar-refractivity contribution >= 4 is 34.3 Å². The van der Waals surface area contributed by atoms with Gasteiger partial charge in [0.1, 0.15) is 11.5 Å². The fourth-order valence-electron chi connectivity index (χ4n) is 5.15. The fraction of sp³-hybridized carbons (Fsp3) is 0.323. The number of aliphatic carboxylic acids is 2. The number of benzene rings is 2. The van der Waals surface area contributed by atoms with Crippen molar-refractivity contribution in [3.8, 4) is 11.5 Å². The van der Waals surface area contributed by atoms with Gasteiger partial charge >= 0.3 is 11.9 Å². The normalized spacial score (nSPS) is 18.5. The molecular formula is C31H34N2O7. The zero-order valence-electron chi connectivity index (χ0n) is 23.1. The van der Waals surface area contributed by atoms with Gasteiger partial charge in [-0.3, -0.25) is 9.59 Å². The molecule has 1 amide bonds. The Kier molecular flexibility index (Phi) is 8.32. The summed E-state index contributed by atoms with van der Waals surface area (Å²) in [5.74, 6) is -0.983. The number of aryl methyl sites for hydroxylation is 1. The van der Waals surface area contributed by atoms with Crippen LogP contribution in [0.2, 0.25) is 0 Å². The van der Waals surface area contributed by atoms with Gasteiger partial charge < -0.3 is 29.2 Å². The number of carboxylic acid groups (broad SMARTS) is 2. The van der Waals surface area contributed by atoms with Crippen molar-refractivity contribution in [3.63, 3.8) is 0 Å². The molecule has 1 atom stereocenters. The van der Waals surface area contributed by atoms with Gasteiger partial charge in [-0.1, -0.05) is 18.2 Å². The number of allylic oxidation sites excluding steroid dienone is 2. The number of hydrogen-bond donors (Lipinski definition) is 2. The summed E-state index contributed by atoms with van der Waals surface area (Å²) >= 11 is 0. The number of aromatic nitrogens is 1. The summed E-state index contributed by atoms with van der Waals surface area (Å²) in [4.78, 5) is 36.5. The second-order valence-electron chi connectivity index (χ2n) is 10.2. The maximum absolute atomic E-state index is 11.6. The van der Waals surface area contributed by atoms with E-state index >= 15 is 0 Å². The van der Waals surface area contributed by atoms with E-state index in [9.17, 15) is 24.6 Å². The maximum Gasteiger partial charge on any atom is 0.331 e. The highest BCUT2D eigenvalue weighted by molar-refractivity contribution is 5.97. The van der Waals surface area contributed by atoms with Crippen molar-refractivity contribution in [2.75, 3.05) is 20.8 Å². The Morgan fingerprint density at radius 2 is 1.75 bits per heavy atom. The number of rotatable bonds is 7. The molecule has 1 unspecified atom stereocenters. The minimum Gasteiger partial charge on any atom is -0.496 e. The van der Waals surface area contributed by atoms with E-state index in [0.29, 0.717) is 29.1 Å². The highest BCUT2D eigenvalue weighted by atomic mass is 16.5. The van der Waals surface area contributed by atoms with E-state index in [4.69, 9.17) is 9.47 Å². The Morgan fingerprint density at radius 3 is 2.33 bits per heavy atom. The molecule has 0 saturated carbocycles. The van der Waals surface area contributed by atoms with E-state index in [1.807, 2.05) is 11.9 Å². The third kappa shape index (κ3) is 5.88. The first-order valence-corrected chi connectivity index (χ1v) is 13.0. The zero-order valence-corrected chi connectivity index (χ0v) is 23.1.